The standard InChI is InChI=1S/CH4O6S2.H2O3S/c2-8(3,4)1-9(5,6)7;1-4(2)3/h1H2,(H,2,3,4)(H,5,6,7);4H,(H,1,2,3). The smallest absolute Gasteiger partial charge is 0.281 e. The first-order valence-electron chi connectivity index (χ1n) is 2.17. The topological polar surface area (TPSA) is 163 Å². The molecular weight excluding hydrogens is 252 g/mol. The second kappa shape index (κ2) is 5.46. The van der Waals surface area contributed by atoms with E-state index in [0.717, 1.165) is 0 Å². The molecule has 0 spiro atoms. The Balaban J connectivity index is 0. The van der Waals surface area contributed by atoms with Crippen LogP contribution in [0.3, 0.4) is 0 Å². The van der Waals surface area contributed by atoms with Crippen molar-refractivity contribution in [1.82, 2.24) is 0 Å². The summed E-state index contributed by atoms with van der Waals surface area (Å²) < 4.78 is 78.4. The lowest BCUT2D eigenvalue weighted by Gasteiger charge is -1.89. The monoisotopic (exact) mass is 258 g/mol. The van der Waals surface area contributed by atoms with E-state index >= 15 is 0 Å². The molecule has 0 aliphatic heterocycles. The molecule has 0 aliphatic carbocycles. The molecule has 9 nitrogen and oxygen atoms in total. The lowest BCUT2D eigenvalue weighted by molar-refractivity contribution is 0.471. The molecule has 0 rings (SSSR count). The summed E-state index contributed by atoms with van der Waals surface area (Å²) in [5.41, 5.74) is 0. The molecule has 0 aromatic heterocycles. The van der Waals surface area contributed by atoms with Crippen molar-refractivity contribution in [3.05, 3.63) is 0 Å². The van der Waals surface area contributed by atoms with Gasteiger partial charge in [0.1, 0.15) is 0 Å². The molecule has 0 heterocycles. The fraction of sp³-hybridized carbons (Fsp3) is 1.00. The molecule has 12 heteroatoms. The van der Waals surface area contributed by atoms with Crippen molar-refractivity contribution in [3.8, 4) is 0 Å². The lowest BCUT2D eigenvalue weighted by atomic mass is 11.9. The Labute approximate surface area is 75.7 Å². The first-order chi connectivity index (χ1) is 5.44. The van der Waals surface area contributed by atoms with E-state index < -0.39 is 36.3 Å². The third kappa shape index (κ3) is 33.8. The molecule has 0 saturated heterocycles. The van der Waals surface area contributed by atoms with Crippen LogP contribution in [0.1, 0.15) is 0 Å². The normalized spacial score (nSPS) is 12.0. The number of hydrogen-bond acceptors (Lipinski definition) is 6. The molecule has 0 aromatic carbocycles. The van der Waals surface area contributed by atoms with Crippen molar-refractivity contribution in [1.29, 1.82) is 0 Å². The minimum absolute atomic E-state index is 1.65. The molecule has 0 aliphatic rings. The van der Waals surface area contributed by atoms with Gasteiger partial charge in [0.2, 0.25) is 5.08 Å². The second-order valence-electron chi connectivity index (χ2n) is 1.52. The summed E-state index contributed by atoms with van der Waals surface area (Å²) in [6, 6.07) is 0. The molecule has 0 amide bonds. The fourth-order valence-corrected chi connectivity index (χ4v) is 1.69. The highest BCUT2D eigenvalue weighted by Crippen LogP contribution is 1.88. The van der Waals surface area contributed by atoms with Gasteiger partial charge in [-0.15, -0.1) is 0 Å². The van der Waals surface area contributed by atoms with Crippen molar-refractivity contribution < 1.29 is 38.9 Å². The molecule has 3 N–H and O–H groups in total. The van der Waals surface area contributed by atoms with Crippen LogP contribution in [0.25, 0.3) is 0 Å². The van der Waals surface area contributed by atoms with Gasteiger partial charge in [-0.1, -0.05) is 0 Å². The van der Waals surface area contributed by atoms with Crippen molar-refractivity contribution >= 4 is 31.2 Å². The molecule has 82 valence electrons. The Morgan fingerprint density at radius 1 is 0.923 bits per heavy atom. The predicted molar refractivity (Wildman–Crippen MR) is 40.9 cm³/mol. The quantitative estimate of drug-likeness (QED) is 0.317. The highest BCUT2D eigenvalue weighted by Gasteiger charge is 2.15. The van der Waals surface area contributed by atoms with E-state index in [1.54, 1.807) is 0 Å². The zero-order chi connectivity index (χ0) is 11.3. The van der Waals surface area contributed by atoms with Gasteiger partial charge in [-0.05, 0) is 0 Å². The van der Waals surface area contributed by atoms with Gasteiger partial charge < -0.3 is 0 Å². The van der Waals surface area contributed by atoms with E-state index in [0.29, 0.717) is 0 Å². The van der Waals surface area contributed by atoms with Gasteiger partial charge in [-0.2, -0.15) is 16.8 Å². The van der Waals surface area contributed by atoms with Crippen molar-refractivity contribution in [2.75, 3.05) is 5.08 Å². The van der Waals surface area contributed by atoms with E-state index in [2.05, 4.69) is 0 Å². The molecule has 0 atom stereocenters. The van der Waals surface area contributed by atoms with Crippen molar-refractivity contribution in [2.24, 2.45) is 0 Å². The van der Waals surface area contributed by atoms with E-state index in [-0.39, 0.29) is 0 Å². The Hall–Kier alpha value is -0.270. The number of hydrogen-bond donors (Lipinski definition) is 4. The molecule has 0 bridgehead atoms. The molecule has 0 radical (unpaired) electrons. The third-order valence-corrected chi connectivity index (χ3v) is 2.68. The van der Waals surface area contributed by atoms with Gasteiger partial charge >= 0.3 is 0 Å². The van der Waals surface area contributed by atoms with Gasteiger partial charge in [0.15, 0.2) is 0 Å². The van der Waals surface area contributed by atoms with Crippen LogP contribution in [0.4, 0.5) is 0 Å². The fourth-order valence-electron chi connectivity index (χ4n) is 0.188. The first kappa shape index (κ1) is 15.2. The van der Waals surface area contributed by atoms with E-state index in [1.807, 2.05) is 0 Å². The molecular formula is CH6O9S3. The maximum atomic E-state index is 9.66. The van der Waals surface area contributed by atoms with Gasteiger partial charge in [0, 0.05) is 0 Å². The Morgan fingerprint density at radius 3 is 1.08 bits per heavy atom. The summed E-state index contributed by atoms with van der Waals surface area (Å²) in [6.45, 7) is 0. The zero-order valence-electron chi connectivity index (χ0n) is 5.76. The number of thiol groups is 1. The van der Waals surface area contributed by atoms with Crippen LogP contribution >= 0.6 is 0 Å². The van der Waals surface area contributed by atoms with Crippen LogP contribution in [0.2, 0.25) is 0 Å². The third-order valence-electron chi connectivity index (χ3n) is 0.298. The summed E-state index contributed by atoms with van der Waals surface area (Å²) in [5, 5.41) is -1.65. The molecule has 0 aromatic rings. The maximum Gasteiger partial charge on any atom is 0.281 e. The Kier molecular flexibility index (Phi) is 6.39. The largest absolute Gasteiger partial charge is 0.288 e. The van der Waals surface area contributed by atoms with Gasteiger partial charge in [-0.3, -0.25) is 13.7 Å². The Morgan fingerprint density at radius 2 is 1.08 bits per heavy atom. The van der Waals surface area contributed by atoms with Gasteiger partial charge in [0.25, 0.3) is 31.2 Å². The second-order valence-corrected chi connectivity index (χ2v) is 5.27. The van der Waals surface area contributed by atoms with Crippen LogP contribution in [0, 0.1) is 0 Å². The van der Waals surface area contributed by atoms with Gasteiger partial charge in [0.05, 0.1) is 0 Å². The first-order valence-corrected chi connectivity index (χ1v) is 6.52. The highest BCUT2D eigenvalue weighted by molar-refractivity contribution is 8.02. The van der Waals surface area contributed by atoms with Crippen LogP contribution in [0.15, 0.2) is 0 Å². The molecule has 0 saturated carbocycles. The van der Waals surface area contributed by atoms with Crippen LogP contribution in [-0.2, 0) is 31.2 Å². The highest BCUT2D eigenvalue weighted by atomic mass is 32.3. The van der Waals surface area contributed by atoms with Crippen LogP contribution in [-0.4, -0.2) is 44.0 Å². The summed E-state index contributed by atoms with van der Waals surface area (Å²) >= 11 is 0. The SMILES string of the molecule is O=S(=O)(O)CS(=O)(=O)O.O=[SH](=O)O. The van der Waals surface area contributed by atoms with E-state index in [1.165, 1.54) is 0 Å². The van der Waals surface area contributed by atoms with Crippen molar-refractivity contribution in [2.45, 2.75) is 0 Å². The molecule has 13 heavy (non-hydrogen) atoms. The summed E-state index contributed by atoms with van der Waals surface area (Å²) in [5.74, 6) is 0. The number of rotatable bonds is 2. The van der Waals surface area contributed by atoms with Crippen LogP contribution < -0.4 is 0 Å². The maximum absolute atomic E-state index is 9.66. The average Bonchev–Trinajstić information content (AvgIpc) is 1.47. The zero-order valence-corrected chi connectivity index (χ0v) is 8.29. The van der Waals surface area contributed by atoms with E-state index in [4.69, 9.17) is 22.1 Å². The minimum Gasteiger partial charge on any atom is -0.288 e. The molecule has 0 unspecified atom stereocenters. The predicted octanol–water partition coefficient (Wildman–Crippen LogP) is -2.21. The Bertz CT molecular complexity index is 354. The van der Waals surface area contributed by atoms with Gasteiger partial charge in [-0.25, -0.2) is 8.42 Å². The summed E-state index contributed by atoms with van der Waals surface area (Å²) in [4.78, 5) is 0. The lowest BCUT2D eigenvalue weighted by Crippen LogP contribution is -2.13. The minimum atomic E-state index is -4.62. The van der Waals surface area contributed by atoms with E-state index in [9.17, 15) is 16.8 Å². The van der Waals surface area contributed by atoms with Crippen molar-refractivity contribution in [3.63, 3.8) is 0 Å². The molecule has 0 fully saturated rings. The average molecular weight is 258 g/mol. The summed E-state index contributed by atoms with van der Waals surface area (Å²) in [7, 11) is -12.4. The van der Waals surface area contributed by atoms with Crippen LogP contribution in [0.5, 0.6) is 0 Å². The summed E-state index contributed by atoms with van der Waals surface area (Å²) in [6.07, 6.45) is 0.